The molecule has 0 spiro atoms. The molecule has 1 aromatic carbocycles. The van der Waals surface area contributed by atoms with Gasteiger partial charge in [-0.25, -0.2) is 0 Å². The third-order valence-corrected chi connectivity index (χ3v) is 3.28. The Labute approximate surface area is 122 Å². The van der Waals surface area contributed by atoms with Crippen molar-refractivity contribution in [1.29, 1.82) is 5.26 Å². The zero-order valence-corrected chi connectivity index (χ0v) is 12.0. The maximum atomic E-state index is 11.7. The van der Waals surface area contributed by atoms with Crippen LogP contribution in [0.25, 0.3) is 0 Å². The maximum Gasteiger partial charge on any atom is 0.225 e. The topological polar surface area (TPSA) is 53.3 Å². The average Bonchev–Trinajstić information content (AvgIpc) is 2.40. The third-order valence-electron chi connectivity index (χ3n) is 2.47. The van der Waals surface area contributed by atoms with Gasteiger partial charge in [0.05, 0.1) is 30.5 Å². The van der Waals surface area contributed by atoms with Crippen LogP contribution in [0, 0.1) is 11.3 Å². The lowest BCUT2D eigenvalue weighted by atomic mass is 10.3. The second-order valence-corrected chi connectivity index (χ2v) is 4.66. The van der Waals surface area contributed by atoms with Gasteiger partial charge in [0.2, 0.25) is 5.91 Å². The first kappa shape index (κ1) is 15.6. The molecule has 1 rings (SSSR count). The van der Waals surface area contributed by atoms with Crippen LogP contribution >= 0.6 is 23.2 Å². The molecule has 19 heavy (non-hydrogen) atoms. The Balaban J connectivity index is 2.40. The van der Waals surface area contributed by atoms with Crippen LogP contribution in [-0.4, -0.2) is 31.0 Å². The first-order valence-electron chi connectivity index (χ1n) is 5.74. The minimum atomic E-state index is -0.0756. The zero-order chi connectivity index (χ0) is 14.3. The quantitative estimate of drug-likeness (QED) is 0.811. The summed E-state index contributed by atoms with van der Waals surface area (Å²) in [6.07, 6.45) is 0.550. The minimum absolute atomic E-state index is 0.0756. The van der Waals surface area contributed by atoms with Gasteiger partial charge in [-0.1, -0.05) is 29.3 Å². The van der Waals surface area contributed by atoms with E-state index in [1.165, 1.54) is 4.90 Å². The summed E-state index contributed by atoms with van der Waals surface area (Å²) in [5, 5.41) is 9.19. The highest BCUT2D eigenvalue weighted by Crippen LogP contribution is 2.31. The van der Waals surface area contributed by atoms with Gasteiger partial charge in [-0.3, -0.25) is 4.79 Å². The molecular formula is C13H14Cl2N2O2. The Bertz CT molecular complexity index is 486. The van der Waals surface area contributed by atoms with Crippen LogP contribution in [0.1, 0.15) is 12.8 Å². The van der Waals surface area contributed by atoms with Crippen LogP contribution in [0.15, 0.2) is 18.2 Å². The fraction of sp³-hybridized carbons (Fsp3) is 0.385. The Morgan fingerprint density at radius 1 is 1.47 bits per heavy atom. The summed E-state index contributed by atoms with van der Waals surface area (Å²) in [6.45, 7) is 0.642. The highest BCUT2D eigenvalue weighted by Gasteiger charge is 2.10. The number of hydrogen-bond donors (Lipinski definition) is 0. The number of benzene rings is 1. The Hall–Kier alpha value is -1.44. The summed E-state index contributed by atoms with van der Waals surface area (Å²) in [5.41, 5.74) is 0. The lowest BCUT2D eigenvalue weighted by Gasteiger charge is -2.15. The van der Waals surface area contributed by atoms with E-state index in [2.05, 4.69) is 0 Å². The van der Waals surface area contributed by atoms with Crippen molar-refractivity contribution in [1.82, 2.24) is 4.90 Å². The van der Waals surface area contributed by atoms with Crippen molar-refractivity contribution >= 4 is 29.1 Å². The van der Waals surface area contributed by atoms with E-state index in [9.17, 15) is 4.79 Å². The number of amides is 1. The van der Waals surface area contributed by atoms with Crippen molar-refractivity contribution in [3.8, 4) is 11.8 Å². The summed E-state index contributed by atoms with van der Waals surface area (Å²) in [4.78, 5) is 13.2. The Kier molecular flexibility index (Phi) is 6.48. The number of hydrogen-bond acceptors (Lipinski definition) is 3. The van der Waals surface area contributed by atoms with Crippen LogP contribution in [0.5, 0.6) is 5.75 Å². The van der Waals surface area contributed by atoms with Crippen molar-refractivity contribution in [3.63, 3.8) is 0 Å². The predicted molar refractivity (Wildman–Crippen MR) is 74.4 cm³/mol. The van der Waals surface area contributed by atoms with Gasteiger partial charge in [0.25, 0.3) is 0 Å². The smallest absolute Gasteiger partial charge is 0.225 e. The third kappa shape index (κ3) is 4.98. The Morgan fingerprint density at radius 3 is 2.89 bits per heavy atom. The molecule has 0 aliphatic heterocycles. The molecule has 0 aromatic heterocycles. The molecule has 0 bridgehead atoms. The molecule has 0 atom stereocenters. The lowest BCUT2D eigenvalue weighted by molar-refractivity contribution is -0.130. The molecule has 1 aromatic rings. The second-order valence-electron chi connectivity index (χ2n) is 3.87. The van der Waals surface area contributed by atoms with Crippen LogP contribution in [0.4, 0.5) is 0 Å². The number of carbonyl (C=O) groups excluding carboxylic acids is 1. The van der Waals surface area contributed by atoms with Gasteiger partial charge in [0.1, 0.15) is 10.8 Å². The van der Waals surface area contributed by atoms with Gasteiger partial charge >= 0.3 is 0 Å². The molecule has 1 amide bonds. The van der Waals surface area contributed by atoms with Gasteiger partial charge in [-0.2, -0.15) is 5.26 Å². The molecule has 0 unspecified atom stereocenters. The highest BCUT2D eigenvalue weighted by atomic mass is 35.5. The van der Waals surface area contributed by atoms with Gasteiger partial charge in [0, 0.05) is 13.6 Å². The molecule has 0 N–H and O–H groups in total. The molecule has 0 fully saturated rings. The van der Waals surface area contributed by atoms with Crippen molar-refractivity contribution in [2.45, 2.75) is 12.8 Å². The first-order valence-corrected chi connectivity index (χ1v) is 6.49. The fourth-order valence-corrected chi connectivity index (χ4v) is 1.72. The molecule has 6 heteroatoms. The fourth-order valence-electron chi connectivity index (χ4n) is 1.38. The van der Waals surface area contributed by atoms with Crippen molar-refractivity contribution < 1.29 is 9.53 Å². The van der Waals surface area contributed by atoms with Crippen molar-refractivity contribution in [2.75, 3.05) is 20.2 Å². The number of nitrogens with zero attached hydrogens (tertiary/aromatic N) is 2. The highest BCUT2D eigenvalue weighted by molar-refractivity contribution is 6.42. The first-order chi connectivity index (χ1) is 9.06. The summed E-state index contributed by atoms with van der Waals surface area (Å²) in [6, 6.07) is 7.08. The standard InChI is InChI=1S/C13H14Cl2N2O2/c1-17(8-3-7-16)12(18)6-9-19-11-5-2-4-10(14)13(11)15/h2,4-5H,3,6,8-9H2,1H3. The lowest BCUT2D eigenvalue weighted by Crippen LogP contribution is -2.28. The normalized spacial score (nSPS) is 9.79. The van der Waals surface area contributed by atoms with E-state index in [0.29, 0.717) is 28.8 Å². The molecule has 0 saturated heterocycles. The largest absolute Gasteiger partial charge is 0.491 e. The number of nitriles is 1. The SMILES string of the molecule is CN(CCC#N)C(=O)CCOc1cccc(Cl)c1Cl. The van der Waals surface area contributed by atoms with Crippen LogP contribution < -0.4 is 4.74 Å². The summed E-state index contributed by atoms with van der Waals surface area (Å²) >= 11 is 11.8. The van der Waals surface area contributed by atoms with Crippen LogP contribution in [0.2, 0.25) is 10.0 Å². The summed E-state index contributed by atoms with van der Waals surface area (Å²) in [7, 11) is 1.66. The van der Waals surface area contributed by atoms with Gasteiger partial charge in [0.15, 0.2) is 0 Å². The van der Waals surface area contributed by atoms with Crippen molar-refractivity contribution in [3.05, 3.63) is 28.2 Å². The Morgan fingerprint density at radius 2 is 2.21 bits per heavy atom. The van der Waals surface area contributed by atoms with E-state index in [1.807, 2.05) is 6.07 Å². The molecule has 0 saturated carbocycles. The molecule has 0 heterocycles. The van der Waals surface area contributed by atoms with Gasteiger partial charge < -0.3 is 9.64 Å². The van der Waals surface area contributed by atoms with Gasteiger partial charge in [-0.15, -0.1) is 0 Å². The molecule has 0 aliphatic rings. The van der Waals surface area contributed by atoms with Gasteiger partial charge in [-0.05, 0) is 12.1 Å². The molecule has 0 aliphatic carbocycles. The van der Waals surface area contributed by atoms with E-state index < -0.39 is 0 Å². The zero-order valence-electron chi connectivity index (χ0n) is 10.5. The van der Waals surface area contributed by atoms with Crippen LogP contribution in [0.3, 0.4) is 0 Å². The van der Waals surface area contributed by atoms with Crippen LogP contribution in [-0.2, 0) is 4.79 Å². The number of halogens is 2. The van der Waals surface area contributed by atoms with E-state index in [4.69, 9.17) is 33.2 Å². The molecular weight excluding hydrogens is 287 g/mol. The van der Waals surface area contributed by atoms with E-state index in [-0.39, 0.29) is 18.9 Å². The molecule has 4 nitrogen and oxygen atoms in total. The maximum absolute atomic E-state index is 11.7. The monoisotopic (exact) mass is 300 g/mol. The second kappa shape index (κ2) is 7.88. The van der Waals surface area contributed by atoms with E-state index in [0.717, 1.165) is 0 Å². The summed E-state index contributed by atoms with van der Waals surface area (Å²) in [5.74, 6) is 0.384. The minimum Gasteiger partial charge on any atom is -0.491 e. The van der Waals surface area contributed by atoms with Crippen molar-refractivity contribution in [2.24, 2.45) is 0 Å². The average molecular weight is 301 g/mol. The number of ether oxygens (including phenoxy) is 1. The summed E-state index contributed by atoms with van der Waals surface area (Å²) < 4.78 is 5.41. The predicted octanol–water partition coefficient (Wildman–Crippen LogP) is 3.13. The number of rotatable bonds is 6. The van der Waals surface area contributed by atoms with E-state index in [1.54, 1.807) is 25.2 Å². The van der Waals surface area contributed by atoms with E-state index >= 15 is 0 Å². The number of carbonyl (C=O) groups is 1. The molecule has 0 radical (unpaired) electrons. The molecule has 102 valence electrons.